The zero-order valence-corrected chi connectivity index (χ0v) is 14.5. The van der Waals surface area contributed by atoms with Gasteiger partial charge in [-0.2, -0.15) is 0 Å². The molecule has 1 saturated heterocycles. The second-order valence-electron chi connectivity index (χ2n) is 5.66. The molecule has 1 aliphatic heterocycles. The predicted molar refractivity (Wildman–Crippen MR) is 88.6 cm³/mol. The van der Waals surface area contributed by atoms with Crippen molar-refractivity contribution in [3.63, 3.8) is 0 Å². The van der Waals surface area contributed by atoms with Crippen molar-refractivity contribution in [1.29, 1.82) is 0 Å². The maximum Gasteiger partial charge on any atom is 0.243 e. The van der Waals surface area contributed by atoms with E-state index >= 15 is 0 Å². The van der Waals surface area contributed by atoms with E-state index in [1.807, 2.05) is 0 Å². The number of halogens is 2. The highest BCUT2D eigenvalue weighted by atomic mass is 35.5. The molecule has 1 amide bonds. The van der Waals surface area contributed by atoms with Gasteiger partial charge in [-0.15, -0.1) is 0 Å². The lowest BCUT2D eigenvalue weighted by molar-refractivity contribution is -0.129. The molecule has 1 aliphatic rings. The van der Waals surface area contributed by atoms with E-state index in [-0.39, 0.29) is 23.2 Å². The summed E-state index contributed by atoms with van der Waals surface area (Å²) in [4.78, 5) is 14.1. The van der Waals surface area contributed by atoms with Crippen molar-refractivity contribution >= 4 is 33.2 Å². The normalized spacial score (nSPS) is 16.0. The van der Waals surface area contributed by atoms with Crippen LogP contribution in [0.25, 0.3) is 0 Å². The molecule has 23 heavy (non-hydrogen) atoms. The Hall–Kier alpha value is -1.34. The fourth-order valence-electron chi connectivity index (χ4n) is 2.58. The summed E-state index contributed by atoms with van der Waals surface area (Å²) in [6.45, 7) is 0.974. The van der Waals surface area contributed by atoms with Gasteiger partial charge < -0.3 is 4.90 Å². The predicted octanol–water partition coefficient (Wildman–Crippen LogP) is 2.65. The van der Waals surface area contributed by atoms with E-state index in [2.05, 4.69) is 0 Å². The molecule has 0 spiro atoms. The minimum atomic E-state index is -3.69. The molecule has 0 saturated carbocycles. The number of hydrogen-bond acceptors (Lipinski definition) is 3. The highest BCUT2D eigenvalue weighted by Gasteiger charge is 2.25. The van der Waals surface area contributed by atoms with Crippen molar-refractivity contribution in [1.82, 2.24) is 4.90 Å². The first kappa shape index (κ1) is 18.0. The molecule has 5 nitrogen and oxygen atoms in total. The van der Waals surface area contributed by atoms with Crippen LogP contribution in [0, 0.1) is 5.82 Å². The van der Waals surface area contributed by atoms with Gasteiger partial charge in [-0.3, -0.25) is 9.10 Å². The molecule has 0 radical (unpaired) electrons. The van der Waals surface area contributed by atoms with Crippen molar-refractivity contribution in [3.8, 4) is 0 Å². The molecule has 2 rings (SSSR count). The Morgan fingerprint density at radius 1 is 1.26 bits per heavy atom. The molecule has 0 atom stereocenters. The summed E-state index contributed by atoms with van der Waals surface area (Å²) >= 11 is 5.72. The number of nitrogens with zero attached hydrogens (tertiary/aromatic N) is 2. The van der Waals surface area contributed by atoms with Gasteiger partial charge in [0.2, 0.25) is 15.9 Å². The zero-order valence-electron chi connectivity index (χ0n) is 13.0. The van der Waals surface area contributed by atoms with Gasteiger partial charge in [0, 0.05) is 13.1 Å². The van der Waals surface area contributed by atoms with Gasteiger partial charge in [0.1, 0.15) is 12.4 Å². The van der Waals surface area contributed by atoms with E-state index in [9.17, 15) is 17.6 Å². The number of hydrogen-bond donors (Lipinski definition) is 0. The lowest BCUT2D eigenvalue weighted by Gasteiger charge is -2.26. The Morgan fingerprint density at radius 3 is 2.39 bits per heavy atom. The van der Waals surface area contributed by atoms with Crippen LogP contribution < -0.4 is 4.31 Å². The molecule has 1 heterocycles. The summed E-state index contributed by atoms with van der Waals surface area (Å²) < 4.78 is 38.3. The summed E-state index contributed by atoms with van der Waals surface area (Å²) in [5, 5.41) is -0.182. The fourth-order valence-corrected chi connectivity index (χ4v) is 3.60. The van der Waals surface area contributed by atoms with E-state index < -0.39 is 15.8 Å². The molecule has 8 heteroatoms. The van der Waals surface area contributed by atoms with Gasteiger partial charge in [-0.1, -0.05) is 24.4 Å². The van der Waals surface area contributed by atoms with Crippen LogP contribution in [0.3, 0.4) is 0 Å². The number of likely N-dealkylation sites (tertiary alicyclic amines) is 1. The number of amides is 1. The number of benzene rings is 1. The monoisotopic (exact) mass is 362 g/mol. The molecule has 0 unspecified atom stereocenters. The van der Waals surface area contributed by atoms with E-state index in [1.54, 1.807) is 4.90 Å². The minimum absolute atomic E-state index is 0.182. The van der Waals surface area contributed by atoms with Crippen molar-refractivity contribution in [2.24, 2.45) is 0 Å². The van der Waals surface area contributed by atoms with Gasteiger partial charge in [0.25, 0.3) is 0 Å². The van der Waals surface area contributed by atoms with E-state index in [0.717, 1.165) is 42.3 Å². The lowest BCUT2D eigenvalue weighted by atomic mass is 10.2. The Bertz CT molecular complexity index is 673. The smallest absolute Gasteiger partial charge is 0.243 e. The van der Waals surface area contributed by atoms with Crippen LogP contribution in [0.2, 0.25) is 5.02 Å². The third-order valence-electron chi connectivity index (χ3n) is 3.83. The third kappa shape index (κ3) is 4.81. The SMILES string of the molecule is CS(=O)(=O)N(CC(=O)N1CCCCCC1)c1ccc(F)c(Cl)c1. The first-order valence-electron chi connectivity index (χ1n) is 7.49. The third-order valence-corrected chi connectivity index (χ3v) is 5.26. The highest BCUT2D eigenvalue weighted by Crippen LogP contribution is 2.24. The number of anilines is 1. The Morgan fingerprint density at radius 2 is 1.87 bits per heavy atom. The average Bonchev–Trinajstić information content (AvgIpc) is 2.75. The summed E-state index contributed by atoms with van der Waals surface area (Å²) in [6.07, 6.45) is 5.01. The summed E-state index contributed by atoms with van der Waals surface area (Å²) in [5.41, 5.74) is 0.182. The number of rotatable bonds is 4. The highest BCUT2D eigenvalue weighted by molar-refractivity contribution is 7.92. The first-order chi connectivity index (χ1) is 10.8. The van der Waals surface area contributed by atoms with Crippen LogP contribution in [0.4, 0.5) is 10.1 Å². The Balaban J connectivity index is 2.22. The number of carbonyl (C=O) groups excluding carboxylic acids is 1. The molecule has 0 aromatic heterocycles. The van der Waals surface area contributed by atoms with Gasteiger partial charge in [0.05, 0.1) is 17.0 Å². The summed E-state index contributed by atoms with van der Waals surface area (Å²) in [5.74, 6) is -0.888. The molecule has 1 aromatic rings. The second-order valence-corrected chi connectivity index (χ2v) is 7.98. The fraction of sp³-hybridized carbons (Fsp3) is 0.533. The molecule has 1 fully saturated rings. The molecular weight excluding hydrogens is 343 g/mol. The van der Waals surface area contributed by atoms with Crippen molar-refractivity contribution in [2.75, 3.05) is 30.2 Å². The number of sulfonamides is 1. The van der Waals surface area contributed by atoms with Crippen LogP contribution in [-0.2, 0) is 14.8 Å². The van der Waals surface area contributed by atoms with Crippen LogP contribution in [-0.4, -0.2) is 45.1 Å². The molecule has 128 valence electrons. The van der Waals surface area contributed by atoms with Crippen molar-refractivity contribution < 1.29 is 17.6 Å². The molecule has 0 bridgehead atoms. The first-order valence-corrected chi connectivity index (χ1v) is 9.72. The van der Waals surface area contributed by atoms with Crippen molar-refractivity contribution in [2.45, 2.75) is 25.7 Å². The van der Waals surface area contributed by atoms with E-state index in [0.29, 0.717) is 13.1 Å². The summed E-state index contributed by atoms with van der Waals surface area (Å²) in [7, 11) is -3.69. The summed E-state index contributed by atoms with van der Waals surface area (Å²) in [6, 6.07) is 3.61. The standard InChI is InChI=1S/C15H20ClFN2O3S/c1-23(21,22)19(12-6-7-14(17)13(16)10-12)11-15(20)18-8-4-2-3-5-9-18/h6-7,10H,2-5,8-9,11H2,1H3. The largest absolute Gasteiger partial charge is 0.341 e. The quantitative estimate of drug-likeness (QED) is 0.827. The second kappa shape index (κ2) is 7.49. The molecular formula is C15H20ClFN2O3S. The van der Waals surface area contributed by atoms with Crippen LogP contribution in [0.5, 0.6) is 0 Å². The van der Waals surface area contributed by atoms with Crippen molar-refractivity contribution in [3.05, 3.63) is 29.0 Å². The van der Waals surface area contributed by atoms with Crippen LogP contribution in [0.1, 0.15) is 25.7 Å². The Kier molecular flexibility index (Phi) is 5.86. The van der Waals surface area contributed by atoms with E-state index in [4.69, 9.17) is 11.6 Å². The van der Waals surface area contributed by atoms with Crippen LogP contribution >= 0.6 is 11.6 Å². The Labute approximate surface area is 141 Å². The maximum atomic E-state index is 13.3. The molecule has 1 aromatic carbocycles. The van der Waals surface area contributed by atoms with Gasteiger partial charge >= 0.3 is 0 Å². The average molecular weight is 363 g/mol. The van der Waals surface area contributed by atoms with Gasteiger partial charge in [0.15, 0.2) is 0 Å². The van der Waals surface area contributed by atoms with Gasteiger partial charge in [-0.05, 0) is 31.0 Å². The van der Waals surface area contributed by atoms with E-state index in [1.165, 1.54) is 12.1 Å². The van der Waals surface area contributed by atoms with Gasteiger partial charge in [-0.25, -0.2) is 12.8 Å². The minimum Gasteiger partial charge on any atom is -0.341 e. The molecule has 0 N–H and O–H groups in total. The van der Waals surface area contributed by atoms with Crippen LogP contribution in [0.15, 0.2) is 18.2 Å². The lowest BCUT2D eigenvalue weighted by Crippen LogP contribution is -2.43. The maximum absolute atomic E-state index is 13.3. The topological polar surface area (TPSA) is 57.7 Å². The molecule has 0 aliphatic carbocycles. The zero-order chi connectivity index (χ0) is 17.0. The number of carbonyl (C=O) groups is 1.